The summed E-state index contributed by atoms with van der Waals surface area (Å²) < 4.78 is 15.1. The summed E-state index contributed by atoms with van der Waals surface area (Å²) in [6.45, 7) is 5.10. The first-order valence-corrected chi connectivity index (χ1v) is 8.93. The molecular weight excluding hydrogens is 407 g/mol. The first kappa shape index (κ1) is 25.2. The fraction of sp³-hybridized carbons (Fsp3) is 0.200. The van der Waals surface area contributed by atoms with Gasteiger partial charge >= 0.3 is 59.1 Å². The molecule has 28 heavy (non-hydrogen) atoms. The molecule has 1 aromatic carbocycles. The average molecular weight is 421 g/mol. The number of benzene rings is 1. The molecule has 136 valence electrons. The summed E-state index contributed by atoms with van der Waals surface area (Å²) >= 11 is 0. The van der Waals surface area contributed by atoms with E-state index < -0.39 is 7.82 Å². The minimum atomic E-state index is -5.17. The number of fused-ring (bicyclic) bond motifs is 1. The third-order valence-electron chi connectivity index (χ3n) is 3.70. The van der Waals surface area contributed by atoms with Gasteiger partial charge in [0.15, 0.2) is 0 Å². The first-order chi connectivity index (χ1) is 12.1. The topological polar surface area (TPSA) is 156 Å². The van der Waals surface area contributed by atoms with Gasteiger partial charge < -0.3 is 18.9 Å². The fourth-order valence-electron chi connectivity index (χ4n) is 2.32. The van der Waals surface area contributed by atoms with E-state index in [0.717, 1.165) is 0 Å². The van der Waals surface area contributed by atoms with Gasteiger partial charge in [-0.25, -0.2) is 15.0 Å². The molecule has 0 aliphatic heterocycles. The number of aromatic nitrogens is 4. The second-order valence-corrected chi connectivity index (χ2v) is 6.68. The van der Waals surface area contributed by atoms with Crippen LogP contribution in [-0.2, 0) is 4.57 Å². The quantitative estimate of drug-likeness (QED) is 0.310. The molecule has 0 spiro atoms. The number of nitrogens with one attached hydrogen (secondary N) is 2. The van der Waals surface area contributed by atoms with Gasteiger partial charge in [0.2, 0.25) is 11.9 Å². The number of phosphoric acid groups is 1. The van der Waals surface area contributed by atoms with Crippen molar-refractivity contribution in [2.24, 2.45) is 0 Å². The van der Waals surface area contributed by atoms with Crippen molar-refractivity contribution in [3.8, 4) is 5.75 Å². The maximum atomic E-state index is 11.8. The van der Waals surface area contributed by atoms with Crippen LogP contribution in [0.4, 0.5) is 11.9 Å². The van der Waals surface area contributed by atoms with E-state index in [2.05, 4.69) is 29.8 Å². The summed E-state index contributed by atoms with van der Waals surface area (Å²) in [5.41, 5.74) is 1.74. The molecule has 2 heterocycles. The molecule has 0 atom stereocenters. The Balaban J connectivity index is 0.00000196. The Morgan fingerprint density at radius 2 is 1.75 bits per heavy atom. The Kier molecular flexibility index (Phi) is 8.82. The minimum Gasteiger partial charge on any atom is -0.780 e. The maximum Gasteiger partial charge on any atom is 1.00 e. The van der Waals surface area contributed by atoms with Gasteiger partial charge in [-0.05, 0) is 32.9 Å². The standard InChI is InChI=1S/C15H16N5O5P.2Na/c1-7-8(2)16-15(19-13(7)21)20-14-17-9(3)11-5-4-10(6-12(11)18-14)25-26(22,23)24;;/h4-6H,1-3H3,(H2,22,23,24)(H2,16,17,18,19,20,21);;/q;2*+1/p-2. The SMILES string of the molecule is Cc1nc(Nc2nc(C)c3ccc(OP(=O)([O-])[O-])cc3n2)[nH]c(=O)c1C.[Na+].[Na+]. The van der Waals surface area contributed by atoms with Gasteiger partial charge in [0, 0.05) is 22.7 Å². The van der Waals surface area contributed by atoms with E-state index in [1.54, 1.807) is 26.8 Å². The molecule has 0 amide bonds. The first-order valence-electron chi connectivity index (χ1n) is 7.47. The number of hydrogen-bond donors (Lipinski definition) is 2. The zero-order valence-corrected chi connectivity index (χ0v) is 21.0. The summed E-state index contributed by atoms with van der Waals surface area (Å²) in [6.07, 6.45) is 0. The van der Waals surface area contributed by atoms with Gasteiger partial charge in [-0.15, -0.1) is 0 Å². The van der Waals surface area contributed by atoms with Crippen LogP contribution in [-0.4, -0.2) is 19.9 Å². The molecule has 0 saturated carbocycles. The van der Waals surface area contributed by atoms with E-state index in [1.165, 1.54) is 12.1 Å². The molecule has 0 aliphatic carbocycles. The Morgan fingerprint density at radius 3 is 2.36 bits per heavy atom. The van der Waals surface area contributed by atoms with Gasteiger partial charge in [-0.3, -0.25) is 15.1 Å². The molecule has 0 bridgehead atoms. The number of anilines is 2. The monoisotopic (exact) mass is 421 g/mol. The van der Waals surface area contributed by atoms with Gasteiger partial charge in [0.1, 0.15) is 13.6 Å². The normalized spacial score (nSPS) is 10.8. The van der Waals surface area contributed by atoms with Crippen molar-refractivity contribution in [2.75, 3.05) is 5.32 Å². The average Bonchev–Trinajstić information content (AvgIpc) is 2.50. The minimum absolute atomic E-state index is 0. The van der Waals surface area contributed by atoms with Crippen molar-refractivity contribution in [3.05, 3.63) is 45.5 Å². The zero-order chi connectivity index (χ0) is 19.1. The Morgan fingerprint density at radius 1 is 1.07 bits per heavy atom. The van der Waals surface area contributed by atoms with Crippen LogP contribution in [0, 0.1) is 20.8 Å². The van der Waals surface area contributed by atoms with Crippen molar-refractivity contribution in [1.29, 1.82) is 0 Å². The van der Waals surface area contributed by atoms with Crippen LogP contribution >= 0.6 is 7.82 Å². The van der Waals surface area contributed by atoms with Gasteiger partial charge in [-0.1, -0.05) is 0 Å². The molecule has 10 nitrogen and oxygen atoms in total. The number of rotatable bonds is 4. The zero-order valence-electron chi connectivity index (χ0n) is 16.1. The van der Waals surface area contributed by atoms with Crippen molar-refractivity contribution in [3.63, 3.8) is 0 Å². The predicted molar refractivity (Wildman–Crippen MR) is 90.1 cm³/mol. The predicted octanol–water partition coefficient (Wildman–Crippen LogP) is -5.40. The second-order valence-electron chi connectivity index (χ2n) is 5.60. The number of nitrogens with zero attached hydrogens (tertiary/aromatic N) is 3. The number of aromatic amines is 1. The van der Waals surface area contributed by atoms with Crippen LogP contribution in [0.2, 0.25) is 0 Å². The van der Waals surface area contributed by atoms with Crippen LogP contribution in [0.15, 0.2) is 23.0 Å². The molecule has 13 heteroatoms. The Bertz CT molecular complexity index is 1120. The van der Waals surface area contributed by atoms with Crippen molar-refractivity contribution in [2.45, 2.75) is 20.8 Å². The van der Waals surface area contributed by atoms with E-state index in [0.29, 0.717) is 27.9 Å². The van der Waals surface area contributed by atoms with E-state index >= 15 is 0 Å². The second kappa shape index (κ2) is 9.80. The number of aryl methyl sites for hydroxylation is 2. The van der Waals surface area contributed by atoms with Crippen LogP contribution in [0.5, 0.6) is 5.75 Å². The van der Waals surface area contributed by atoms with Crippen LogP contribution in [0.25, 0.3) is 10.9 Å². The Labute approximate surface area is 204 Å². The van der Waals surface area contributed by atoms with Crippen molar-refractivity contribution in [1.82, 2.24) is 19.9 Å². The summed E-state index contributed by atoms with van der Waals surface area (Å²) in [5, 5.41) is 3.45. The van der Waals surface area contributed by atoms with E-state index in [-0.39, 0.29) is 82.3 Å². The smallest absolute Gasteiger partial charge is 0.780 e. The number of H-pyrrole nitrogens is 1. The summed E-state index contributed by atoms with van der Waals surface area (Å²) in [6, 6.07) is 4.21. The Hall–Kier alpha value is -0.810. The third-order valence-corrected chi connectivity index (χ3v) is 4.14. The molecule has 0 fully saturated rings. The van der Waals surface area contributed by atoms with E-state index in [4.69, 9.17) is 0 Å². The third kappa shape index (κ3) is 6.09. The number of hydrogen-bond acceptors (Lipinski definition) is 9. The van der Waals surface area contributed by atoms with Crippen LogP contribution < -0.4 is 84.3 Å². The molecule has 0 radical (unpaired) electrons. The maximum absolute atomic E-state index is 11.8. The molecule has 0 aliphatic rings. The summed E-state index contributed by atoms with van der Waals surface area (Å²) in [4.78, 5) is 48.7. The van der Waals surface area contributed by atoms with Crippen LogP contribution in [0.3, 0.4) is 0 Å². The van der Waals surface area contributed by atoms with E-state index in [1.807, 2.05) is 0 Å². The van der Waals surface area contributed by atoms with Crippen molar-refractivity contribution >= 4 is 30.6 Å². The fourth-order valence-corrected chi connectivity index (χ4v) is 2.69. The van der Waals surface area contributed by atoms with Gasteiger partial charge in [0.25, 0.3) is 5.56 Å². The van der Waals surface area contributed by atoms with E-state index in [9.17, 15) is 19.1 Å². The molecule has 0 unspecified atom stereocenters. The molecule has 2 aromatic heterocycles. The summed E-state index contributed by atoms with van der Waals surface area (Å²) in [7, 11) is -5.17. The molecule has 3 aromatic rings. The largest absolute Gasteiger partial charge is 1.00 e. The van der Waals surface area contributed by atoms with Gasteiger partial charge in [0.05, 0.1) is 11.2 Å². The summed E-state index contributed by atoms with van der Waals surface area (Å²) in [5.74, 6) is 0.173. The van der Waals surface area contributed by atoms with Crippen molar-refractivity contribution < 1.29 is 78.0 Å². The van der Waals surface area contributed by atoms with Crippen LogP contribution in [0.1, 0.15) is 17.0 Å². The number of phosphoric ester groups is 1. The van der Waals surface area contributed by atoms with Gasteiger partial charge in [-0.2, -0.15) is 0 Å². The molecule has 0 saturated heterocycles. The molecular formula is C15H14N5Na2O5P. The molecule has 3 rings (SSSR count). The molecule has 2 N–H and O–H groups in total.